The minimum absolute atomic E-state index is 0.175. The fourth-order valence-corrected chi connectivity index (χ4v) is 5.82. The number of hydrogen-bond donors (Lipinski definition) is 0. The summed E-state index contributed by atoms with van der Waals surface area (Å²) in [6.07, 6.45) is 1.19. The molecule has 1 aliphatic heterocycles. The summed E-state index contributed by atoms with van der Waals surface area (Å²) in [6.45, 7) is 7.62. The second kappa shape index (κ2) is 12.1. The SMILES string of the molecule is CCOc1ccc([C@H]2C(C(=O)OC(C)C)=C(C)N=c3s/c(=C/c4ccc(-c5ccc(OC)cc5[N+](=O)[O-])o4)c(=O)n32)cc1. The van der Waals surface area contributed by atoms with E-state index in [9.17, 15) is 19.7 Å². The van der Waals surface area contributed by atoms with Gasteiger partial charge in [0.15, 0.2) is 4.80 Å². The van der Waals surface area contributed by atoms with Crippen LogP contribution in [0.25, 0.3) is 17.4 Å². The van der Waals surface area contributed by atoms with Crippen molar-refractivity contribution in [2.45, 2.75) is 39.8 Å². The van der Waals surface area contributed by atoms with Crippen LogP contribution in [0.1, 0.15) is 45.1 Å². The van der Waals surface area contributed by atoms with Gasteiger partial charge in [-0.25, -0.2) is 9.79 Å². The Morgan fingerprint density at radius 2 is 1.88 bits per heavy atom. The summed E-state index contributed by atoms with van der Waals surface area (Å²) in [6, 6.07) is 14.1. The molecule has 0 unspecified atom stereocenters. The minimum Gasteiger partial charge on any atom is -0.497 e. The van der Waals surface area contributed by atoms with E-state index in [1.807, 2.05) is 19.1 Å². The number of fused-ring (bicyclic) bond motifs is 1. The van der Waals surface area contributed by atoms with E-state index in [1.165, 1.54) is 17.7 Å². The number of benzene rings is 2. The molecule has 1 aliphatic rings. The Hall–Kier alpha value is -4.97. The quantitative estimate of drug-likeness (QED) is 0.152. The summed E-state index contributed by atoms with van der Waals surface area (Å²) in [4.78, 5) is 43.4. The minimum atomic E-state index is -0.783. The smallest absolute Gasteiger partial charge is 0.338 e. The van der Waals surface area contributed by atoms with Crippen LogP contribution in [0, 0.1) is 10.1 Å². The molecular weight excluding hydrogens is 574 g/mol. The molecule has 0 saturated carbocycles. The normalized spacial score (nSPS) is 14.8. The number of ether oxygens (including phenoxy) is 3. The maximum Gasteiger partial charge on any atom is 0.338 e. The number of nitrogens with zero attached hydrogens (tertiary/aromatic N) is 3. The molecule has 43 heavy (non-hydrogen) atoms. The second-order valence-corrected chi connectivity index (χ2v) is 10.9. The highest BCUT2D eigenvalue weighted by Gasteiger charge is 2.34. The van der Waals surface area contributed by atoms with Crippen LogP contribution in [0.5, 0.6) is 11.5 Å². The van der Waals surface area contributed by atoms with Crippen LogP contribution < -0.4 is 24.4 Å². The molecule has 5 rings (SSSR count). The van der Waals surface area contributed by atoms with Crippen molar-refractivity contribution in [2.75, 3.05) is 13.7 Å². The van der Waals surface area contributed by atoms with Crippen molar-refractivity contribution in [3.63, 3.8) is 0 Å². The Morgan fingerprint density at radius 3 is 2.53 bits per heavy atom. The van der Waals surface area contributed by atoms with E-state index in [1.54, 1.807) is 63.2 Å². The maximum atomic E-state index is 13.9. The zero-order valence-electron chi connectivity index (χ0n) is 24.2. The molecule has 222 valence electrons. The molecule has 0 aliphatic carbocycles. The summed E-state index contributed by atoms with van der Waals surface area (Å²) in [5.41, 5.74) is 1.12. The molecule has 11 nitrogen and oxygen atoms in total. The summed E-state index contributed by atoms with van der Waals surface area (Å²) < 4.78 is 24.0. The number of esters is 1. The number of hydrogen-bond acceptors (Lipinski definition) is 10. The lowest BCUT2D eigenvalue weighted by Crippen LogP contribution is -2.40. The first-order chi connectivity index (χ1) is 20.6. The Kier molecular flexibility index (Phi) is 8.31. The maximum absolute atomic E-state index is 13.9. The van der Waals surface area contributed by atoms with Crippen LogP contribution in [-0.4, -0.2) is 35.3 Å². The summed E-state index contributed by atoms with van der Waals surface area (Å²) in [7, 11) is 1.43. The van der Waals surface area contributed by atoms with E-state index in [4.69, 9.17) is 18.6 Å². The number of nitro groups is 1. The lowest BCUT2D eigenvalue weighted by Gasteiger charge is -2.25. The van der Waals surface area contributed by atoms with Crippen molar-refractivity contribution in [2.24, 2.45) is 4.99 Å². The van der Waals surface area contributed by atoms with Gasteiger partial charge in [-0.1, -0.05) is 23.5 Å². The Morgan fingerprint density at radius 1 is 1.16 bits per heavy atom. The van der Waals surface area contributed by atoms with Gasteiger partial charge in [-0.3, -0.25) is 19.5 Å². The third-order valence-corrected chi connectivity index (χ3v) is 7.64. The van der Waals surface area contributed by atoms with Gasteiger partial charge in [-0.05, 0) is 69.7 Å². The molecular formula is C31H29N3O8S. The summed E-state index contributed by atoms with van der Waals surface area (Å²) >= 11 is 1.15. The average molecular weight is 604 g/mol. The Balaban J connectivity index is 1.61. The van der Waals surface area contributed by atoms with Crippen molar-refractivity contribution in [1.82, 2.24) is 4.57 Å². The van der Waals surface area contributed by atoms with E-state index >= 15 is 0 Å². The third-order valence-electron chi connectivity index (χ3n) is 6.66. The number of furan rings is 1. The number of carbonyl (C=O) groups is 1. The fourth-order valence-electron chi connectivity index (χ4n) is 4.79. The molecule has 0 amide bonds. The van der Waals surface area contributed by atoms with Crippen molar-refractivity contribution in [3.8, 4) is 22.8 Å². The van der Waals surface area contributed by atoms with Gasteiger partial charge in [0.2, 0.25) is 0 Å². The molecule has 0 spiro atoms. The number of carbonyl (C=O) groups excluding carboxylic acids is 1. The summed E-state index contributed by atoms with van der Waals surface area (Å²) in [5.74, 6) is 1.03. The van der Waals surface area contributed by atoms with Crippen molar-refractivity contribution >= 4 is 29.1 Å². The monoisotopic (exact) mass is 603 g/mol. The molecule has 0 radical (unpaired) electrons. The van der Waals surface area contributed by atoms with Gasteiger partial charge in [-0.15, -0.1) is 0 Å². The molecule has 4 aromatic rings. The van der Waals surface area contributed by atoms with E-state index in [2.05, 4.69) is 4.99 Å². The van der Waals surface area contributed by atoms with Gasteiger partial charge in [0.1, 0.15) is 23.0 Å². The molecule has 3 heterocycles. The molecule has 2 aromatic carbocycles. The summed E-state index contributed by atoms with van der Waals surface area (Å²) in [5, 5.41) is 11.7. The van der Waals surface area contributed by atoms with Crippen LogP contribution in [0.3, 0.4) is 0 Å². The fraction of sp³-hybridized carbons (Fsp3) is 0.258. The van der Waals surface area contributed by atoms with Crippen LogP contribution in [0.2, 0.25) is 0 Å². The van der Waals surface area contributed by atoms with Gasteiger partial charge < -0.3 is 18.6 Å². The zero-order chi connectivity index (χ0) is 30.8. The zero-order valence-corrected chi connectivity index (χ0v) is 25.0. The predicted molar refractivity (Wildman–Crippen MR) is 160 cm³/mol. The van der Waals surface area contributed by atoms with Crippen molar-refractivity contribution < 1.29 is 28.3 Å². The van der Waals surface area contributed by atoms with Gasteiger partial charge in [0.05, 0.1) is 58.2 Å². The molecule has 2 aromatic heterocycles. The highest BCUT2D eigenvalue weighted by Crippen LogP contribution is 2.35. The Labute approximate surface area is 250 Å². The third kappa shape index (κ3) is 5.86. The molecule has 12 heteroatoms. The van der Waals surface area contributed by atoms with E-state index in [-0.39, 0.29) is 34.2 Å². The van der Waals surface area contributed by atoms with Crippen molar-refractivity contribution in [3.05, 3.63) is 107 Å². The van der Waals surface area contributed by atoms with Crippen LogP contribution in [-0.2, 0) is 9.53 Å². The number of aromatic nitrogens is 1. The number of methoxy groups -OCH3 is 1. The standard InChI is InChI=1S/C31H29N3O8S/c1-6-40-20-9-7-19(8-10-20)28-27(30(36)41-17(2)3)18(4)32-31-33(28)29(35)26(43-31)16-22-12-14-25(42-22)23-13-11-21(39-5)15-24(23)34(37)38/h7-17,28H,6H2,1-5H3/b26-16+/t28-/m0/s1. The highest BCUT2D eigenvalue weighted by molar-refractivity contribution is 7.07. The van der Waals surface area contributed by atoms with E-state index in [0.29, 0.717) is 44.5 Å². The molecule has 0 saturated heterocycles. The lowest BCUT2D eigenvalue weighted by molar-refractivity contribution is -0.384. The molecule has 1 atom stereocenters. The topological polar surface area (TPSA) is 135 Å². The molecule has 0 N–H and O–H groups in total. The predicted octanol–water partition coefficient (Wildman–Crippen LogP) is 4.76. The molecule has 0 bridgehead atoms. The number of rotatable bonds is 9. The highest BCUT2D eigenvalue weighted by atomic mass is 32.1. The van der Waals surface area contributed by atoms with Gasteiger partial charge in [0.25, 0.3) is 11.2 Å². The first-order valence-electron chi connectivity index (χ1n) is 13.5. The van der Waals surface area contributed by atoms with Gasteiger partial charge in [0, 0.05) is 6.08 Å². The van der Waals surface area contributed by atoms with Gasteiger partial charge in [-0.2, -0.15) is 0 Å². The Bertz CT molecular complexity index is 1910. The first kappa shape index (κ1) is 29.5. The van der Waals surface area contributed by atoms with Gasteiger partial charge >= 0.3 is 5.97 Å². The number of thiazole rings is 1. The van der Waals surface area contributed by atoms with E-state index < -0.39 is 16.9 Å². The van der Waals surface area contributed by atoms with Crippen LogP contribution in [0.15, 0.2) is 80.1 Å². The van der Waals surface area contributed by atoms with Crippen LogP contribution in [0.4, 0.5) is 5.69 Å². The van der Waals surface area contributed by atoms with Crippen molar-refractivity contribution in [1.29, 1.82) is 0 Å². The largest absolute Gasteiger partial charge is 0.497 e. The number of allylic oxidation sites excluding steroid dienone is 1. The lowest BCUT2D eigenvalue weighted by atomic mass is 9.96. The average Bonchev–Trinajstić information content (AvgIpc) is 3.56. The van der Waals surface area contributed by atoms with Crippen LogP contribution >= 0.6 is 11.3 Å². The number of nitro benzene ring substituents is 1. The van der Waals surface area contributed by atoms with E-state index in [0.717, 1.165) is 11.3 Å². The first-order valence-corrected chi connectivity index (χ1v) is 14.3. The second-order valence-electron chi connectivity index (χ2n) is 9.88. The molecule has 0 fully saturated rings.